The predicted molar refractivity (Wildman–Crippen MR) is 136 cm³/mol. The number of para-hydroxylation sites is 1. The molecule has 1 aliphatic rings. The number of piperidine rings is 1. The Morgan fingerprint density at radius 3 is 2.47 bits per heavy atom. The van der Waals surface area contributed by atoms with E-state index in [2.05, 4.69) is 30.4 Å². The van der Waals surface area contributed by atoms with Crippen LogP contribution in [0.4, 0.5) is 0 Å². The van der Waals surface area contributed by atoms with Crippen molar-refractivity contribution in [2.24, 2.45) is 4.99 Å². The van der Waals surface area contributed by atoms with Crippen molar-refractivity contribution in [3.05, 3.63) is 60.4 Å². The van der Waals surface area contributed by atoms with Crippen molar-refractivity contribution < 1.29 is 9.47 Å². The van der Waals surface area contributed by atoms with E-state index in [0.29, 0.717) is 12.4 Å². The van der Waals surface area contributed by atoms with E-state index in [1.54, 1.807) is 14.2 Å². The van der Waals surface area contributed by atoms with Crippen molar-refractivity contribution in [2.75, 3.05) is 27.2 Å². The summed E-state index contributed by atoms with van der Waals surface area (Å²) in [6, 6.07) is 17.7. The Morgan fingerprint density at radius 1 is 1.09 bits per heavy atom. The van der Waals surface area contributed by atoms with Crippen LogP contribution in [-0.4, -0.2) is 59.4 Å². The minimum Gasteiger partial charge on any atom is -0.497 e. The van der Waals surface area contributed by atoms with Crippen LogP contribution in [0.2, 0.25) is 0 Å². The second-order valence-corrected chi connectivity index (χ2v) is 7.35. The molecule has 3 aromatic rings. The number of halogens is 1. The van der Waals surface area contributed by atoms with Gasteiger partial charge in [0.15, 0.2) is 11.8 Å². The van der Waals surface area contributed by atoms with Gasteiger partial charge in [-0.25, -0.2) is 4.98 Å². The molecule has 170 valence electrons. The van der Waals surface area contributed by atoms with Crippen molar-refractivity contribution in [3.63, 3.8) is 0 Å². The Morgan fingerprint density at radius 2 is 1.81 bits per heavy atom. The van der Waals surface area contributed by atoms with Crippen molar-refractivity contribution in [3.8, 4) is 22.9 Å². The molecule has 1 aliphatic heterocycles. The molecule has 0 unspecified atom stereocenters. The average molecular weight is 548 g/mol. The molecule has 8 nitrogen and oxygen atoms in total. The highest BCUT2D eigenvalue weighted by Crippen LogP contribution is 2.20. The first-order chi connectivity index (χ1) is 15.2. The van der Waals surface area contributed by atoms with Crippen LogP contribution in [0.5, 0.6) is 11.5 Å². The summed E-state index contributed by atoms with van der Waals surface area (Å²) in [6.45, 7) is 2.31. The Bertz CT molecular complexity index is 985. The van der Waals surface area contributed by atoms with Crippen LogP contribution in [0.3, 0.4) is 0 Å². The lowest BCUT2D eigenvalue weighted by Crippen LogP contribution is -2.47. The fraction of sp³-hybridized carbons (Fsp3) is 0.348. The molecule has 1 fully saturated rings. The molecule has 4 rings (SSSR count). The van der Waals surface area contributed by atoms with E-state index in [0.717, 1.165) is 54.8 Å². The summed E-state index contributed by atoms with van der Waals surface area (Å²) in [5.41, 5.74) is 0.938. The standard InChI is InChI=1S/C23H28N6O2.HI/c1-24-23(29-14-12-20(13-15-29)31-19-6-4-3-5-7-19)25-16-21-26-22(28-27-21)17-8-10-18(30-2)11-9-17;/h3-11,20H,12-16H2,1-2H3,(H,24,25)(H,26,27,28);1H. The van der Waals surface area contributed by atoms with Gasteiger partial charge in [0.2, 0.25) is 0 Å². The third kappa shape index (κ3) is 6.12. The Hall–Kier alpha value is -2.82. The third-order valence-electron chi connectivity index (χ3n) is 5.29. The zero-order valence-corrected chi connectivity index (χ0v) is 20.7. The molecule has 9 heteroatoms. The van der Waals surface area contributed by atoms with E-state index < -0.39 is 0 Å². The topological polar surface area (TPSA) is 87.7 Å². The van der Waals surface area contributed by atoms with Crippen molar-refractivity contribution in [2.45, 2.75) is 25.5 Å². The summed E-state index contributed by atoms with van der Waals surface area (Å²) in [5, 5.41) is 10.7. The number of nitrogens with one attached hydrogen (secondary N) is 2. The molecular weight excluding hydrogens is 519 g/mol. The van der Waals surface area contributed by atoms with Crippen LogP contribution in [0.15, 0.2) is 59.6 Å². The molecule has 0 saturated carbocycles. The Kier molecular flexibility index (Phi) is 8.72. The number of hydrogen-bond acceptors (Lipinski definition) is 5. The number of aliphatic imine (C=N–C) groups is 1. The highest BCUT2D eigenvalue weighted by molar-refractivity contribution is 14.0. The van der Waals surface area contributed by atoms with Gasteiger partial charge in [-0.1, -0.05) is 18.2 Å². The monoisotopic (exact) mass is 548 g/mol. The van der Waals surface area contributed by atoms with E-state index >= 15 is 0 Å². The number of nitrogens with zero attached hydrogens (tertiary/aromatic N) is 4. The minimum atomic E-state index is 0. The largest absolute Gasteiger partial charge is 0.497 e. The molecule has 32 heavy (non-hydrogen) atoms. The van der Waals surface area contributed by atoms with Crippen LogP contribution in [-0.2, 0) is 6.54 Å². The lowest BCUT2D eigenvalue weighted by Gasteiger charge is -2.34. The van der Waals surface area contributed by atoms with Crippen LogP contribution >= 0.6 is 24.0 Å². The predicted octanol–water partition coefficient (Wildman–Crippen LogP) is 3.72. The summed E-state index contributed by atoms with van der Waals surface area (Å²) in [5.74, 6) is 4.02. The zero-order valence-electron chi connectivity index (χ0n) is 18.3. The lowest BCUT2D eigenvalue weighted by atomic mass is 10.1. The summed E-state index contributed by atoms with van der Waals surface area (Å²) < 4.78 is 11.3. The lowest BCUT2D eigenvalue weighted by molar-refractivity contribution is 0.129. The summed E-state index contributed by atoms with van der Waals surface area (Å²) in [4.78, 5) is 11.3. The first kappa shape index (κ1) is 23.8. The third-order valence-corrected chi connectivity index (χ3v) is 5.29. The number of hydrogen-bond donors (Lipinski definition) is 2. The minimum absolute atomic E-state index is 0. The molecule has 0 amide bonds. The summed E-state index contributed by atoms with van der Waals surface area (Å²) in [6.07, 6.45) is 2.15. The molecule has 1 saturated heterocycles. The maximum atomic E-state index is 6.09. The van der Waals surface area contributed by atoms with E-state index in [4.69, 9.17) is 9.47 Å². The van der Waals surface area contributed by atoms with Gasteiger partial charge in [0, 0.05) is 38.5 Å². The Balaban J connectivity index is 0.00000289. The van der Waals surface area contributed by atoms with E-state index in [1.165, 1.54) is 0 Å². The molecule has 2 N–H and O–H groups in total. The SMILES string of the molecule is CN=C(NCc1nc(-c2ccc(OC)cc2)n[nH]1)N1CCC(Oc2ccccc2)CC1.I. The fourth-order valence-electron chi connectivity index (χ4n) is 3.62. The highest BCUT2D eigenvalue weighted by Gasteiger charge is 2.22. The number of guanidine groups is 1. The first-order valence-corrected chi connectivity index (χ1v) is 10.5. The second kappa shape index (κ2) is 11.7. The van der Waals surface area contributed by atoms with Gasteiger partial charge in [0.05, 0.1) is 13.7 Å². The van der Waals surface area contributed by atoms with Crippen LogP contribution in [0.25, 0.3) is 11.4 Å². The quantitative estimate of drug-likeness (QED) is 0.278. The molecule has 0 radical (unpaired) electrons. The van der Waals surface area contributed by atoms with Gasteiger partial charge in [-0.05, 0) is 36.4 Å². The smallest absolute Gasteiger partial charge is 0.194 e. The van der Waals surface area contributed by atoms with Crippen LogP contribution < -0.4 is 14.8 Å². The number of rotatable bonds is 6. The molecule has 0 atom stereocenters. The number of aromatic amines is 1. The fourth-order valence-corrected chi connectivity index (χ4v) is 3.62. The van der Waals surface area contributed by atoms with Crippen molar-refractivity contribution in [1.82, 2.24) is 25.4 Å². The van der Waals surface area contributed by atoms with Gasteiger partial charge >= 0.3 is 0 Å². The Labute approximate surface area is 205 Å². The van der Waals surface area contributed by atoms with E-state index in [9.17, 15) is 0 Å². The van der Waals surface area contributed by atoms with E-state index in [1.807, 2.05) is 54.6 Å². The van der Waals surface area contributed by atoms with Crippen LogP contribution in [0, 0.1) is 0 Å². The van der Waals surface area contributed by atoms with Gasteiger partial charge in [0.1, 0.15) is 23.4 Å². The average Bonchev–Trinajstić information content (AvgIpc) is 3.30. The summed E-state index contributed by atoms with van der Waals surface area (Å²) in [7, 11) is 3.45. The number of benzene rings is 2. The van der Waals surface area contributed by atoms with E-state index in [-0.39, 0.29) is 30.1 Å². The van der Waals surface area contributed by atoms with Crippen molar-refractivity contribution in [1.29, 1.82) is 0 Å². The maximum absolute atomic E-state index is 6.09. The number of ether oxygens (including phenoxy) is 2. The molecular formula is C23H29IN6O2. The maximum Gasteiger partial charge on any atom is 0.194 e. The van der Waals surface area contributed by atoms with Crippen LogP contribution in [0.1, 0.15) is 18.7 Å². The molecule has 0 aliphatic carbocycles. The number of methoxy groups -OCH3 is 1. The molecule has 1 aromatic heterocycles. The molecule has 2 heterocycles. The molecule has 0 spiro atoms. The number of aromatic nitrogens is 3. The van der Waals surface area contributed by atoms with Gasteiger partial charge < -0.3 is 19.7 Å². The van der Waals surface area contributed by atoms with Gasteiger partial charge in [-0.3, -0.25) is 10.1 Å². The van der Waals surface area contributed by atoms with Crippen molar-refractivity contribution >= 4 is 29.9 Å². The van der Waals surface area contributed by atoms with Gasteiger partial charge in [0.25, 0.3) is 0 Å². The number of H-pyrrole nitrogens is 1. The zero-order chi connectivity index (χ0) is 21.5. The highest BCUT2D eigenvalue weighted by atomic mass is 127. The normalized spacial score (nSPS) is 14.6. The van der Waals surface area contributed by atoms with Gasteiger partial charge in [-0.15, -0.1) is 24.0 Å². The van der Waals surface area contributed by atoms with Gasteiger partial charge in [-0.2, -0.15) is 5.10 Å². The molecule has 0 bridgehead atoms. The number of likely N-dealkylation sites (tertiary alicyclic amines) is 1. The summed E-state index contributed by atoms with van der Waals surface area (Å²) >= 11 is 0. The first-order valence-electron chi connectivity index (χ1n) is 10.5. The second-order valence-electron chi connectivity index (χ2n) is 7.35. The molecule has 2 aromatic carbocycles.